The molecule has 6 nitrogen and oxygen atoms in total. The maximum atomic E-state index is 12.2. The van der Waals surface area contributed by atoms with Crippen LogP contribution in [-0.2, 0) is 9.59 Å². The summed E-state index contributed by atoms with van der Waals surface area (Å²) in [6.45, 7) is 1.67. The topological polar surface area (TPSA) is 79.5 Å². The van der Waals surface area contributed by atoms with Gasteiger partial charge < -0.3 is 20.7 Å². The molecular weight excluding hydrogens is 329 g/mol. The minimum absolute atomic E-state index is 0. The highest BCUT2D eigenvalue weighted by Crippen LogP contribution is 2.36. The summed E-state index contributed by atoms with van der Waals surface area (Å²) < 4.78 is 5.33. The lowest BCUT2D eigenvalue weighted by Gasteiger charge is -2.23. The molecule has 0 unspecified atom stereocenters. The van der Waals surface area contributed by atoms with E-state index in [1.807, 2.05) is 0 Å². The Bertz CT molecular complexity index is 589. The molecule has 1 saturated heterocycles. The van der Waals surface area contributed by atoms with Gasteiger partial charge in [-0.2, -0.15) is 0 Å². The normalized spacial score (nSPS) is 17.6. The summed E-state index contributed by atoms with van der Waals surface area (Å²) in [6, 6.07) is 3.24. The summed E-state index contributed by atoms with van der Waals surface area (Å²) in [5.74, 6) is 0.266. The van der Waals surface area contributed by atoms with Crippen LogP contribution in [-0.4, -0.2) is 31.5 Å². The zero-order chi connectivity index (χ0) is 14.8. The lowest BCUT2D eigenvalue weighted by Crippen LogP contribution is -2.34. The Kier molecular flexibility index (Phi) is 5.50. The van der Waals surface area contributed by atoms with Gasteiger partial charge >= 0.3 is 0 Å². The van der Waals surface area contributed by atoms with Gasteiger partial charge in [0.1, 0.15) is 5.75 Å². The minimum atomic E-state index is -0.218. The molecule has 0 saturated carbocycles. The van der Waals surface area contributed by atoms with Crippen molar-refractivity contribution in [3.63, 3.8) is 0 Å². The fourth-order valence-electron chi connectivity index (χ4n) is 2.51. The number of ether oxygens (including phenoxy) is 1. The van der Waals surface area contributed by atoms with E-state index in [0.717, 1.165) is 25.9 Å². The molecule has 0 atom stereocenters. The number of benzene rings is 1. The molecule has 0 aliphatic carbocycles. The second-order valence-corrected chi connectivity index (χ2v) is 5.59. The van der Waals surface area contributed by atoms with E-state index in [1.165, 1.54) is 0 Å². The van der Waals surface area contributed by atoms with Crippen molar-refractivity contribution in [2.45, 2.75) is 12.8 Å². The highest BCUT2D eigenvalue weighted by atomic mass is 35.5. The van der Waals surface area contributed by atoms with Crippen LogP contribution in [0.5, 0.6) is 5.75 Å². The van der Waals surface area contributed by atoms with E-state index in [4.69, 9.17) is 16.3 Å². The number of piperidine rings is 1. The molecule has 2 aliphatic rings. The summed E-state index contributed by atoms with van der Waals surface area (Å²) in [4.78, 5) is 23.5. The molecule has 3 N–H and O–H groups in total. The lowest BCUT2D eigenvalue weighted by atomic mass is 9.97. The molecule has 2 heterocycles. The first-order valence-corrected chi connectivity index (χ1v) is 7.29. The summed E-state index contributed by atoms with van der Waals surface area (Å²) in [6.07, 6.45) is 1.64. The number of hydrogen-bond donors (Lipinski definition) is 3. The predicted octanol–water partition coefficient (Wildman–Crippen LogP) is 2.03. The summed E-state index contributed by atoms with van der Waals surface area (Å²) in [5, 5.41) is 9.13. The first kappa shape index (κ1) is 16.9. The van der Waals surface area contributed by atoms with Crippen molar-refractivity contribution in [2.75, 3.05) is 30.3 Å². The van der Waals surface area contributed by atoms with Crippen LogP contribution < -0.4 is 20.7 Å². The predicted molar refractivity (Wildman–Crippen MR) is 87.0 cm³/mol. The number of carbonyl (C=O) groups excluding carboxylic acids is 2. The molecule has 8 heteroatoms. The average molecular weight is 346 g/mol. The molecule has 2 amide bonds. The van der Waals surface area contributed by atoms with Gasteiger partial charge in [-0.15, -0.1) is 12.4 Å². The van der Waals surface area contributed by atoms with Gasteiger partial charge in [0.15, 0.2) is 6.61 Å². The SMILES string of the molecule is Cl.O=C1COc2cc(NC(=O)C3CCNCC3)c(Cl)cc2N1. The Morgan fingerprint density at radius 1 is 1.32 bits per heavy atom. The third-order valence-corrected chi connectivity index (χ3v) is 3.98. The Labute approximate surface area is 139 Å². The number of nitrogens with one attached hydrogen (secondary N) is 3. The summed E-state index contributed by atoms with van der Waals surface area (Å²) in [7, 11) is 0. The third kappa shape index (κ3) is 3.63. The van der Waals surface area contributed by atoms with Crippen LogP contribution in [0.15, 0.2) is 12.1 Å². The molecule has 22 heavy (non-hydrogen) atoms. The number of carbonyl (C=O) groups is 2. The fourth-order valence-corrected chi connectivity index (χ4v) is 2.73. The van der Waals surface area contributed by atoms with Crippen molar-refractivity contribution in [2.24, 2.45) is 5.92 Å². The molecule has 2 aliphatic heterocycles. The number of rotatable bonds is 2. The number of amides is 2. The number of anilines is 2. The molecule has 120 valence electrons. The lowest BCUT2D eigenvalue weighted by molar-refractivity contribution is -0.120. The smallest absolute Gasteiger partial charge is 0.262 e. The summed E-state index contributed by atoms with van der Waals surface area (Å²) in [5.41, 5.74) is 1.03. The van der Waals surface area contributed by atoms with Gasteiger partial charge in [0.2, 0.25) is 5.91 Å². The molecule has 0 radical (unpaired) electrons. The molecule has 0 aromatic heterocycles. The van der Waals surface area contributed by atoms with Crippen molar-refractivity contribution < 1.29 is 14.3 Å². The Morgan fingerprint density at radius 3 is 2.77 bits per heavy atom. The van der Waals surface area contributed by atoms with Crippen LogP contribution in [0.25, 0.3) is 0 Å². The van der Waals surface area contributed by atoms with E-state index in [9.17, 15) is 9.59 Å². The van der Waals surface area contributed by atoms with Crippen LogP contribution in [0.2, 0.25) is 5.02 Å². The monoisotopic (exact) mass is 345 g/mol. The van der Waals surface area contributed by atoms with E-state index in [-0.39, 0.29) is 36.7 Å². The van der Waals surface area contributed by atoms with Crippen molar-refractivity contribution in [3.05, 3.63) is 17.2 Å². The molecular formula is C14H17Cl2N3O3. The van der Waals surface area contributed by atoms with Gasteiger partial charge in [-0.3, -0.25) is 9.59 Å². The average Bonchev–Trinajstić information content (AvgIpc) is 2.49. The molecule has 1 aromatic carbocycles. The minimum Gasteiger partial charge on any atom is -0.482 e. The van der Waals surface area contributed by atoms with Crippen molar-refractivity contribution in [1.82, 2.24) is 5.32 Å². The van der Waals surface area contributed by atoms with Crippen molar-refractivity contribution in [1.29, 1.82) is 0 Å². The molecule has 3 rings (SSSR count). The van der Waals surface area contributed by atoms with Crippen molar-refractivity contribution in [3.8, 4) is 5.75 Å². The van der Waals surface area contributed by atoms with Gasteiger partial charge in [-0.1, -0.05) is 11.6 Å². The van der Waals surface area contributed by atoms with Gasteiger partial charge in [0.25, 0.3) is 5.91 Å². The Morgan fingerprint density at radius 2 is 2.05 bits per heavy atom. The van der Waals surface area contributed by atoms with Gasteiger partial charge in [0, 0.05) is 12.0 Å². The number of hydrogen-bond acceptors (Lipinski definition) is 4. The van der Waals surface area contributed by atoms with E-state index in [2.05, 4.69) is 16.0 Å². The van der Waals surface area contributed by atoms with E-state index in [0.29, 0.717) is 22.1 Å². The highest BCUT2D eigenvalue weighted by Gasteiger charge is 2.23. The Balaban J connectivity index is 0.00000176. The second-order valence-electron chi connectivity index (χ2n) is 5.18. The highest BCUT2D eigenvalue weighted by molar-refractivity contribution is 6.34. The van der Waals surface area contributed by atoms with Crippen LogP contribution in [0.1, 0.15) is 12.8 Å². The molecule has 0 spiro atoms. The van der Waals surface area contributed by atoms with Crippen molar-refractivity contribution >= 4 is 47.2 Å². The van der Waals surface area contributed by atoms with Crippen LogP contribution >= 0.6 is 24.0 Å². The third-order valence-electron chi connectivity index (χ3n) is 3.67. The molecule has 1 aromatic rings. The molecule has 1 fully saturated rings. The number of fused-ring (bicyclic) bond motifs is 1. The van der Waals surface area contributed by atoms with E-state index < -0.39 is 0 Å². The largest absolute Gasteiger partial charge is 0.482 e. The van der Waals surface area contributed by atoms with Gasteiger partial charge in [-0.25, -0.2) is 0 Å². The van der Waals surface area contributed by atoms with E-state index >= 15 is 0 Å². The summed E-state index contributed by atoms with van der Waals surface area (Å²) >= 11 is 6.16. The van der Waals surface area contributed by atoms with Gasteiger partial charge in [-0.05, 0) is 32.0 Å². The molecule has 0 bridgehead atoms. The first-order valence-electron chi connectivity index (χ1n) is 6.91. The van der Waals surface area contributed by atoms with Crippen LogP contribution in [0, 0.1) is 5.92 Å². The Hall–Kier alpha value is -1.50. The second kappa shape index (κ2) is 7.17. The van der Waals surface area contributed by atoms with Gasteiger partial charge in [0.05, 0.1) is 16.4 Å². The number of halogens is 2. The maximum Gasteiger partial charge on any atom is 0.262 e. The maximum absolute atomic E-state index is 12.2. The zero-order valence-electron chi connectivity index (χ0n) is 11.8. The van der Waals surface area contributed by atoms with E-state index in [1.54, 1.807) is 12.1 Å². The first-order chi connectivity index (χ1) is 10.1. The standard InChI is InChI=1S/C14H16ClN3O3.ClH/c15-9-5-11-12(21-7-13(19)17-11)6-10(9)18-14(20)8-1-3-16-4-2-8;/h5-6,8,16H,1-4,7H2,(H,17,19)(H,18,20);1H. The van der Waals surface area contributed by atoms with Crippen LogP contribution in [0.3, 0.4) is 0 Å². The fraction of sp³-hybridized carbons (Fsp3) is 0.429. The quantitative estimate of drug-likeness (QED) is 0.766. The zero-order valence-corrected chi connectivity index (χ0v) is 13.4. The van der Waals surface area contributed by atoms with Crippen LogP contribution in [0.4, 0.5) is 11.4 Å².